The molecule has 2 rings (SSSR count). The molecule has 0 aromatic rings. The molecule has 2 fully saturated rings. The summed E-state index contributed by atoms with van der Waals surface area (Å²) in [4.78, 5) is 10.7. The third-order valence-corrected chi connectivity index (χ3v) is 2.35. The lowest BCUT2D eigenvalue weighted by molar-refractivity contribution is 0.0404. The Morgan fingerprint density at radius 2 is 2.36 bits per heavy atom. The maximum atomic E-state index is 10.7. The van der Waals surface area contributed by atoms with Gasteiger partial charge in [0.25, 0.3) is 0 Å². The zero-order valence-electron chi connectivity index (χ0n) is 6.12. The second-order valence-corrected chi connectivity index (χ2v) is 3.11. The Morgan fingerprint density at radius 1 is 1.55 bits per heavy atom. The van der Waals surface area contributed by atoms with Gasteiger partial charge in [-0.15, -0.1) is 0 Å². The largest absolute Gasteiger partial charge is 0.444 e. The molecule has 0 unspecified atom stereocenters. The molecule has 0 aromatic carbocycles. The maximum Gasteiger partial charge on any atom is 0.407 e. The van der Waals surface area contributed by atoms with Crippen molar-refractivity contribution in [3.8, 4) is 0 Å². The molecule has 3 atom stereocenters. The molecule has 0 radical (unpaired) electrons. The number of aliphatic hydroxyl groups is 1. The average Bonchev–Trinajstić information content (AvgIpc) is 2.31. The van der Waals surface area contributed by atoms with Crippen molar-refractivity contribution in [1.82, 2.24) is 5.32 Å². The number of hydrogen-bond donors (Lipinski definition) is 2. The molecule has 4 nitrogen and oxygen atoms in total. The first-order chi connectivity index (χ1) is 5.27. The van der Waals surface area contributed by atoms with Gasteiger partial charge in [0.1, 0.15) is 6.10 Å². The van der Waals surface area contributed by atoms with Gasteiger partial charge < -0.3 is 15.2 Å². The Bertz CT molecular complexity index is 183. The minimum atomic E-state index is -0.416. The Labute approximate surface area is 64.5 Å². The van der Waals surface area contributed by atoms with Crippen LogP contribution in [0.1, 0.15) is 19.3 Å². The molecule has 4 heteroatoms. The van der Waals surface area contributed by atoms with E-state index in [-0.39, 0.29) is 18.2 Å². The lowest BCUT2D eigenvalue weighted by atomic mass is 9.91. The summed E-state index contributed by atoms with van der Waals surface area (Å²) < 4.78 is 4.93. The van der Waals surface area contributed by atoms with Crippen LogP contribution < -0.4 is 5.32 Å². The fourth-order valence-electron chi connectivity index (χ4n) is 1.76. The van der Waals surface area contributed by atoms with E-state index in [0.717, 1.165) is 19.3 Å². The lowest BCUT2D eigenvalue weighted by Crippen LogP contribution is -2.45. The Hall–Kier alpha value is -0.770. The van der Waals surface area contributed by atoms with Gasteiger partial charge in [-0.2, -0.15) is 0 Å². The molecule has 1 saturated carbocycles. The van der Waals surface area contributed by atoms with Gasteiger partial charge in [-0.25, -0.2) is 4.79 Å². The zero-order chi connectivity index (χ0) is 7.84. The molecule has 11 heavy (non-hydrogen) atoms. The van der Waals surface area contributed by atoms with Crippen molar-refractivity contribution in [3.63, 3.8) is 0 Å². The van der Waals surface area contributed by atoms with Gasteiger partial charge in [0.05, 0.1) is 12.1 Å². The quantitative estimate of drug-likeness (QED) is 0.520. The van der Waals surface area contributed by atoms with Crippen LogP contribution in [-0.4, -0.2) is 29.4 Å². The number of nitrogens with one attached hydrogen (secondary N) is 1. The van der Waals surface area contributed by atoms with Crippen LogP contribution in [0.15, 0.2) is 0 Å². The maximum absolute atomic E-state index is 10.7. The van der Waals surface area contributed by atoms with E-state index in [1.807, 2.05) is 0 Å². The first-order valence-corrected chi connectivity index (χ1v) is 3.92. The molecule has 0 bridgehead atoms. The van der Waals surface area contributed by atoms with Gasteiger partial charge in [-0.05, 0) is 19.3 Å². The molecular formula is C7H11NO3. The molecule has 1 amide bonds. The van der Waals surface area contributed by atoms with Crippen molar-refractivity contribution in [2.24, 2.45) is 0 Å². The molecule has 0 aromatic heterocycles. The zero-order valence-corrected chi connectivity index (χ0v) is 6.12. The van der Waals surface area contributed by atoms with Crippen molar-refractivity contribution in [2.45, 2.75) is 37.5 Å². The monoisotopic (exact) mass is 157 g/mol. The summed E-state index contributed by atoms with van der Waals surface area (Å²) in [5.74, 6) is 0. The van der Waals surface area contributed by atoms with Crippen LogP contribution in [0.2, 0.25) is 0 Å². The van der Waals surface area contributed by atoms with Gasteiger partial charge in [0.2, 0.25) is 0 Å². The number of fused-ring (bicyclic) bond motifs is 1. The minimum absolute atomic E-state index is 0.0914. The Kier molecular flexibility index (Phi) is 1.49. The van der Waals surface area contributed by atoms with Crippen LogP contribution >= 0.6 is 0 Å². The SMILES string of the molecule is O=C1N[C@H]2[C@@H](O)CCC[C@H]2O1. The number of carbonyl (C=O) groups excluding carboxylic acids is 1. The predicted molar refractivity (Wildman–Crippen MR) is 37.1 cm³/mol. The van der Waals surface area contributed by atoms with E-state index in [2.05, 4.69) is 5.32 Å². The van der Waals surface area contributed by atoms with E-state index in [1.54, 1.807) is 0 Å². The van der Waals surface area contributed by atoms with Crippen LogP contribution in [-0.2, 0) is 4.74 Å². The van der Waals surface area contributed by atoms with Crippen LogP contribution in [0.3, 0.4) is 0 Å². The predicted octanol–water partition coefficient (Wildman–Crippen LogP) is 0.00820. The highest BCUT2D eigenvalue weighted by Crippen LogP contribution is 2.25. The lowest BCUT2D eigenvalue weighted by Gasteiger charge is -2.26. The number of ether oxygens (including phenoxy) is 1. The van der Waals surface area contributed by atoms with Crippen molar-refractivity contribution < 1.29 is 14.6 Å². The molecule has 1 heterocycles. The van der Waals surface area contributed by atoms with Gasteiger partial charge in [-0.1, -0.05) is 0 Å². The van der Waals surface area contributed by atoms with E-state index >= 15 is 0 Å². The third-order valence-electron chi connectivity index (χ3n) is 2.35. The summed E-state index contributed by atoms with van der Waals surface area (Å²) in [7, 11) is 0. The van der Waals surface area contributed by atoms with Crippen LogP contribution in [0, 0.1) is 0 Å². The summed E-state index contributed by atoms with van der Waals surface area (Å²) in [6.07, 6.45) is 1.69. The van der Waals surface area contributed by atoms with Crippen molar-refractivity contribution >= 4 is 6.09 Å². The van der Waals surface area contributed by atoms with Crippen LogP contribution in [0.4, 0.5) is 4.79 Å². The summed E-state index contributed by atoms with van der Waals surface area (Å²) in [5.41, 5.74) is 0. The highest BCUT2D eigenvalue weighted by molar-refractivity contribution is 5.70. The molecule has 1 saturated heterocycles. The molecule has 1 aliphatic heterocycles. The number of carbonyl (C=O) groups is 1. The van der Waals surface area contributed by atoms with Gasteiger partial charge in [-0.3, -0.25) is 0 Å². The fraction of sp³-hybridized carbons (Fsp3) is 0.857. The fourth-order valence-corrected chi connectivity index (χ4v) is 1.76. The molecule has 1 aliphatic carbocycles. The number of alkyl carbamates (subject to hydrolysis) is 1. The molecule has 2 N–H and O–H groups in total. The summed E-state index contributed by atoms with van der Waals surface area (Å²) in [5, 5.41) is 12.0. The first kappa shape index (κ1) is 6.91. The van der Waals surface area contributed by atoms with Crippen molar-refractivity contribution in [1.29, 1.82) is 0 Å². The smallest absolute Gasteiger partial charge is 0.407 e. The summed E-state index contributed by atoms with van der Waals surface area (Å²) in [6, 6.07) is -0.156. The highest BCUT2D eigenvalue weighted by Gasteiger charge is 2.40. The molecule has 2 aliphatic rings. The number of rotatable bonds is 0. The molecular weight excluding hydrogens is 146 g/mol. The normalized spacial score (nSPS) is 42.6. The number of aliphatic hydroxyl groups excluding tert-OH is 1. The average molecular weight is 157 g/mol. The standard InChI is InChI=1S/C7H11NO3/c9-4-2-1-3-5-6(4)8-7(10)11-5/h4-6,9H,1-3H2,(H,8,10)/t4-,5+,6-/m0/s1. The first-order valence-electron chi connectivity index (χ1n) is 3.92. The van der Waals surface area contributed by atoms with Gasteiger partial charge in [0.15, 0.2) is 0 Å². The minimum Gasteiger partial charge on any atom is -0.444 e. The third kappa shape index (κ3) is 1.07. The van der Waals surface area contributed by atoms with Crippen molar-refractivity contribution in [2.75, 3.05) is 0 Å². The number of hydrogen-bond acceptors (Lipinski definition) is 3. The second kappa shape index (κ2) is 2.37. The second-order valence-electron chi connectivity index (χ2n) is 3.11. The van der Waals surface area contributed by atoms with Gasteiger partial charge >= 0.3 is 6.09 Å². The Balaban J connectivity index is 2.09. The van der Waals surface area contributed by atoms with Crippen LogP contribution in [0.25, 0.3) is 0 Å². The molecule has 62 valence electrons. The topological polar surface area (TPSA) is 58.6 Å². The van der Waals surface area contributed by atoms with Crippen molar-refractivity contribution in [3.05, 3.63) is 0 Å². The van der Waals surface area contributed by atoms with E-state index in [0.29, 0.717) is 0 Å². The number of amides is 1. The van der Waals surface area contributed by atoms with E-state index in [4.69, 9.17) is 4.74 Å². The van der Waals surface area contributed by atoms with E-state index < -0.39 is 6.10 Å². The summed E-state index contributed by atoms with van der Waals surface area (Å²) in [6.45, 7) is 0. The summed E-state index contributed by atoms with van der Waals surface area (Å²) >= 11 is 0. The van der Waals surface area contributed by atoms with E-state index in [1.165, 1.54) is 0 Å². The van der Waals surface area contributed by atoms with Gasteiger partial charge in [0, 0.05) is 0 Å². The molecule has 0 spiro atoms. The Morgan fingerprint density at radius 3 is 3.09 bits per heavy atom. The van der Waals surface area contributed by atoms with E-state index in [9.17, 15) is 9.90 Å². The highest BCUT2D eigenvalue weighted by atomic mass is 16.6. The van der Waals surface area contributed by atoms with Crippen LogP contribution in [0.5, 0.6) is 0 Å².